The highest BCUT2D eigenvalue weighted by Crippen LogP contribution is 2.16. The van der Waals surface area contributed by atoms with Gasteiger partial charge >= 0.3 is 0 Å². The minimum absolute atomic E-state index is 0.102. The number of nitrogens with one attached hydrogen (secondary N) is 1. The molecule has 0 fully saturated rings. The second kappa shape index (κ2) is 3.59. The molecule has 0 atom stereocenters. The zero-order valence-corrected chi connectivity index (χ0v) is 9.15. The van der Waals surface area contributed by atoms with E-state index in [2.05, 4.69) is 20.3 Å². The van der Waals surface area contributed by atoms with E-state index in [-0.39, 0.29) is 23.3 Å². The monoisotopic (exact) mass is 243 g/mol. The average molecular weight is 243 g/mol. The molecular formula is C7H9N5O3S. The third-order valence-corrected chi connectivity index (χ3v) is 2.47. The van der Waals surface area contributed by atoms with Gasteiger partial charge in [-0.2, -0.15) is 10.1 Å². The van der Waals surface area contributed by atoms with Crippen molar-refractivity contribution < 1.29 is 12.9 Å². The molecule has 0 aliphatic heterocycles. The fourth-order valence-corrected chi connectivity index (χ4v) is 1.69. The van der Waals surface area contributed by atoms with Crippen molar-refractivity contribution >= 4 is 15.7 Å². The molecule has 3 N–H and O–H groups in total. The van der Waals surface area contributed by atoms with Crippen LogP contribution in [0.3, 0.4) is 0 Å². The molecular weight excluding hydrogens is 234 g/mol. The number of aromatic amines is 1. The van der Waals surface area contributed by atoms with Crippen molar-refractivity contribution in [3.63, 3.8) is 0 Å². The van der Waals surface area contributed by atoms with E-state index in [1.807, 2.05) is 0 Å². The van der Waals surface area contributed by atoms with E-state index in [1.54, 1.807) is 0 Å². The van der Waals surface area contributed by atoms with Crippen LogP contribution < -0.4 is 5.73 Å². The summed E-state index contributed by atoms with van der Waals surface area (Å²) in [6.07, 6.45) is 1.09. The Morgan fingerprint density at radius 1 is 1.56 bits per heavy atom. The third-order valence-electron chi connectivity index (χ3n) is 1.69. The molecule has 0 amide bonds. The minimum atomic E-state index is -3.18. The highest BCUT2D eigenvalue weighted by Gasteiger charge is 2.14. The first-order chi connectivity index (χ1) is 7.44. The van der Waals surface area contributed by atoms with Crippen molar-refractivity contribution in [3.8, 4) is 11.6 Å². The van der Waals surface area contributed by atoms with Crippen LogP contribution in [0.25, 0.3) is 11.6 Å². The van der Waals surface area contributed by atoms with Gasteiger partial charge in [-0.3, -0.25) is 5.10 Å². The summed E-state index contributed by atoms with van der Waals surface area (Å²) in [5.41, 5.74) is 5.85. The van der Waals surface area contributed by atoms with E-state index < -0.39 is 9.84 Å². The lowest BCUT2D eigenvalue weighted by atomic mass is 10.4. The number of sulfone groups is 1. The number of hydrogen-bond donors (Lipinski definition) is 2. The van der Waals surface area contributed by atoms with E-state index in [0.717, 1.165) is 6.26 Å². The van der Waals surface area contributed by atoms with Gasteiger partial charge in [0.25, 0.3) is 5.89 Å². The van der Waals surface area contributed by atoms with Gasteiger partial charge in [0.05, 0.1) is 0 Å². The first-order valence-electron chi connectivity index (χ1n) is 4.25. The summed E-state index contributed by atoms with van der Waals surface area (Å²) in [7, 11) is -3.18. The highest BCUT2D eigenvalue weighted by atomic mass is 32.2. The maximum atomic E-state index is 11.0. The SMILES string of the molecule is CS(=O)(=O)Cc1noc(-c2cc(N)n[nH]2)n1. The number of anilines is 1. The Bertz CT molecular complexity index is 599. The molecule has 9 heteroatoms. The van der Waals surface area contributed by atoms with Gasteiger partial charge in [-0.05, 0) is 0 Å². The van der Waals surface area contributed by atoms with Crippen LogP contribution in [-0.4, -0.2) is 35.0 Å². The lowest BCUT2D eigenvalue weighted by Gasteiger charge is -1.88. The van der Waals surface area contributed by atoms with E-state index in [4.69, 9.17) is 10.3 Å². The maximum absolute atomic E-state index is 11.0. The number of rotatable bonds is 3. The summed E-state index contributed by atoms with van der Waals surface area (Å²) < 4.78 is 26.8. The second-order valence-corrected chi connectivity index (χ2v) is 5.43. The quantitative estimate of drug-likeness (QED) is 0.749. The van der Waals surface area contributed by atoms with E-state index in [0.29, 0.717) is 5.69 Å². The molecule has 2 aromatic heterocycles. The molecule has 0 radical (unpaired) electrons. The Balaban J connectivity index is 2.26. The van der Waals surface area contributed by atoms with E-state index in [9.17, 15) is 8.42 Å². The largest absolute Gasteiger partial charge is 0.382 e. The van der Waals surface area contributed by atoms with Crippen molar-refractivity contribution in [1.82, 2.24) is 20.3 Å². The van der Waals surface area contributed by atoms with Crippen LogP contribution in [0.1, 0.15) is 5.82 Å². The standard InChI is InChI=1S/C7H9N5O3S/c1-16(13,14)3-6-9-7(15-12-6)4-2-5(8)11-10-4/h2H,3H2,1H3,(H3,8,10,11). The van der Waals surface area contributed by atoms with Gasteiger partial charge in [0, 0.05) is 12.3 Å². The van der Waals surface area contributed by atoms with Crippen molar-refractivity contribution in [2.75, 3.05) is 12.0 Å². The van der Waals surface area contributed by atoms with Gasteiger partial charge in [0.2, 0.25) is 0 Å². The predicted molar refractivity (Wildman–Crippen MR) is 54.8 cm³/mol. The number of nitrogens with zero attached hydrogens (tertiary/aromatic N) is 3. The molecule has 2 aromatic rings. The topological polar surface area (TPSA) is 128 Å². The van der Waals surface area contributed by atoms with Gasteiger partial charge < -0.3 is 10.3 Å². The lowest BCUT2D eigenvalue weighted by Crippen LogP contribution is -2.02. The van der Waals surface area contributed by atoms with Gasteiger partial charge in [-0.1, -0.05) is 5.16 Å². The molecule has 0 spiro atoms. The molecule has 2 heterocycles. The number of H-pyrrole nitrogens is 1. The fourth-order valence-electron chi connectivity index (χ4n) is 1.10. The molecule has 0 saturated heterocycles. The van der Waals surface area contributed by atoms with Crippen LogP contribution in [0.5, 0.6) is 0 Å². The molecule has 86 valence electrons. The van der Waals surface area contributed by atoms with Crippen molar-refractivity contribution in [3.05, 3.63) is 11.9 Å². The summed E-state index contributed by atoms with van der Waals surface area (Å²) in [5, 5.41) is 9.79. The number of aromatic nitrogens is 4. The van der Waals surface area contributed by atoms with Crippen molar-refractivity contribution in [2.45, 2.75) is 5.75 Å². The summed E-state index contributed by atoms with van der Waals surface area (Å²) in [6, 6.07) is 1.51. The van der Waals surface area contributed by atoms with E-state index >= 15 is 0 Å². The zero-order chi connectivity index (χ0) is 11.8. The van der Waals surface area contributed by atoms with Crippen LogP contribution in [-0.2, 0) is 15.6 Å². The Kier molecular flexibility index (Phi) is 2.38. The Hall–Kier alpha value is -1.90. The minimum Gasteiger partial charge on any atom is -0.382 e. The van der Waals surface area contributed by atoms with Crippen LogP contribution >= 0.6 is 0 Å². The Labute approximate surface area is 90.8 Å². The molecule has 0 bridgehead atoms. The summed E-state index contributed by atoms with van der Waals surface area (Å²) >= 11 is 0. The maximum Gasteiger partial charge on any atom is 0.276 e. The molecule has 0 saturated carbocycles. The highest BCUT2D eigenvalue weighted by molar-refractivity contribution is 7.89. The summed E-state index contributed by atoms with van der Waals surface area (Å²) in [5.74, 6) is 0.284. The molecule has 0 unspecified atom stereocenters. The second-order valence-electron chi connectivity index (χ2n) is 3.29. The normalized spacial score (nSPS) is 11.8. The van der Waals surface area contributed by atoms with E-state index in [1.165, 1.54) is 6.07 Å². The lowest BCUT2D eigenvalue weighted by molar-refractivity contribution is 0.423. The van der Waals surface area contributed by atoms with Gasteiger partial charge in [0.1, 0.15) is 17.3 Å². The Morgan fingerprint density at radius 3 is 2.88 bits per heavy atom. The average Bonchev–Trinajstić information content (AvgIpc) is 2.71. The van der Waals surface area contributed by atoms with Gasteiger partial charge in [0.15, 0.2) is 15.7 Å². The fraction of sp³-hybridized carbons (Fsp3) is 0.286. The zero-order valence-electron chi connectivity index (χ0n) is 8.34. The number of hydrogen-bond acceptors (Lipinski definition) is 7. The number of nitrogens with two attached hydrogens (primary N) is 1. The molecule has 8 nitrogen and oxygen atoms in total. The van der Waals surface area contributed by atoms with Crippen molar-refractivity contribution in [2.24, 2.45) is 0 Å². The Morgan fingerprint density at radius 2 is 2.31 bits per heavy atom. The molecule has 2 rings (SSSR count). The molecule has 16 heavy (non-hydrogen) atoms. The summed E-state index contributed by atoms with van der Waals surface area (Å²) in [6.45, 7) is 0. The molecule has 0 aromatic carbocycles. The van der Waals surface area contributed by atoms with Crippen molar-refractivity contribution in [1.29, 1.82) is 0 Å². The summed E-state index contributed by atoms with van der Waals surface area (Å²) in [4.78, 5) is 3.90. The van der Waals surface area contributed by atoms with Crippen LogP contribution in [0, 0.1) is 0 Å². The third kappa shape index (κ3) is 2.37. The van der Waals surface area contributed by atoms with Gasteiger partial charge in [-0.15, -0.1) is 0 Å². The van der Waals surface area contributed by atoms with Gasteiger partial charge in [-0.25, -0.2) is 8.42 Å². The molecule has 0 aliphatic carbocycles. The van der Waals surface area contributed by atoms with Crippen LogP contribution in [0.15, 0.2) is 10.6 Å². The van der Waals surface area contributed by atoms with Crippen LogP contribution in [0.2, 0.25) is 0 Å². The number of nitrogen functional groups attached to an aromatic ring is 1. The van der Waals surface area contributed by atoms with Crippen LogP contribution in [0.4, 0.5) is 5.82 Å². The first-order valence-corrected chi connectivity index (χ1v) is 6.32. The first kappa shape index (κ1) is 10.6. The predicted octanol–water partition coefficient (Wildman–Crippen LogP) is -0.414. The molecule has 0 aliphatic rings. The smallest absolute Gasteiger partial charge is 0.276 e.